The second-order valence-corrected chi connectivity index (χ2v) is 7.07. The average Bonchev–Trinajstić information content (AvgIpc) is 3.46. The topological polar surface area (TPSA) is 56.1 Å². The van der Waals surface area contributed by atoms with Crippen LogP contribution in [0.15, 0.2) is 54.6 Å². The summed E-state index contributed by atoms with van der Waals surface area (Å²) in [5, 5.41) is 7.61. The normalized spacial score (nSPS) is 14.5. The van der Waals surface area contributed by atoms with Crippen molar-refractivity contribution in [3.63, 3.8) is 0 Å². The molecule has 2 aromatic carbocycles. The number of nitrogens with one attached hydrogen (secondary N) is 1. The van der Waals surface area contributed by atoms with Gasteiger partial charge in [-0.15, -0.1) is 0 Å². The van der Waals surface area contributed by atoms with Crippen LogP contribution in [0.25, 0.3) is 5.69 Å². The molecule has 144 valence electrons. The van der Waals surface area contributed by atoms with Crippen molar-refractivity contribution in [1.82, 2.24) is 15.1 Å². The largest absolute Gasteiger partial charge is 0.494 e. The molecule has 1 N–H and O–H groups in total. The number of halogens is 1. The molecule has 1 amide bonds. The van der Waals surface area contributed by atoms with Gasteiger partial charge in [0.25, 0.3) is 5.91 Å². The molecule has 0 spiro atoms. The van der Waals surface area contributed by atoms with E-state index < -0.39 is 5.82 Å². The van der Waals surface area contributed by atoms with E-state index in [-0.39, 0.29) is 17.7 Å². The van der Waals surface area contributed by atoms with E-state index in [0.29, 0.717) is 17.2 Å². The molecule has 1 aromatic heterocycles. The number of aromatic nitrogens is 2. The van der Waals surface area contributed by atoms with Crippen molar-refractivity contribution in [2.75, 3.05) is 7.11 Å². The fourth-order valence-electron chi connectivity index (χ4n) is 3.21. The van der Waals surface area contributed by atoms with Gasteiger partial charge in [0.2, 0.25) is 0 Å². The Kier molecular flexibility index (Phi) is 4.86. The minimum atomic E-state index is -0.452. The molecule has 1 atom stereocenters. The van der Waals surface area contributed by atoms with Crippen molar-refractivity contribution in [2.45, 2.75) is 31.7 Å². The quantitative estimate of drug-likeness (QED) is 0.691. The van der Waals surface area contributed by atoms with Crippen LogP contribution in [0.2, 0.25) is 0 Å². The number of hydrogen-bond donors (Lipinski definition) is 1. The van der Waals surface area contributed by atoms with E-state index in [4.69, 9.17) is 4.74 Å². The fourth-order valence-corrected chi connectivity index (χ4v) is 3.21. The first-order valence-electron chi connectivity index (χ1n) is 9.36. The van der Waals surface area contributed by atoms with Gasteiger partial charge < -0.3 is 10.1 Å². The highest BCUT2D eigenvalue weighted by molar-refractivity contribution is 5.93. The average molecular weight is 379 g/mol. The van der Waals surface area contributed by atoms with Gasteiger partial charge in [-0.2, -0.15) is 5.10 Å². The van der Waals surface area contributed by atoms with Crippen LogP contribution in [0, 0.1) is 5.82 Å². The molecule has 1 heterocycles. The van der Waals surface area contributed by atoms with Gasteiger partial charge in [0.05, 0.1) is 24.5 Å². The zero-order valence-corrected chi connectivity index (χ0v) is 15.9. The van der Waals surface area contributed by atoms with Crippen LogP contribution in [0.1, 0.15) is 53.5 Å². The van der Waals surface area contributed by atoms with Gasteiger partial charge in [0, 0.05) is 5.92 Å². The lowest BCUT2D eigenvalue weighted by Gasteiger charge is -2.16. The zero-order valence-electron chi connectivity index (χ0n) is 15.9. The Morgan fingerprint density at radius 2 is 1.96 bits per heavy atom. The van der Waals surface area contributed by atoms with E-state index in [2.05, 4.69) is 10.4 Å². The third-order valence-corrected chi connectivity index (χ3v) is 4.98. The number of amides is 1. The van der Waals surface area contributed by atoms with Crippen LogP contribution in [-0.4, -0.2) is 22.8 Å². The van der Waals surface area contributed by atoms with Gasteiger partial charge >= 0.3 is 0 Å². The first kappa shape index (κ1) is 18.2. The van der Waals surface area contributed by atoms with Crippen molar-refractivity contribution in [1.29, 1.82) is 0 Å². The van der Waals surface area contributed by atoms with Crippen molar-refractivity contribution in [2.24, 2.45) is 0 Å². The third-order valence-electron chi connectivity index (χ3n) is 4.98. The fraction of sp³-hybridized carbons (Fsp3) is 0.273. The molecule has 28 heavy (non-hydrogen) atoms. The van der Waals surface area contributed by atoms with Gasteiger partial charge in [-0.05, 0) is 55.7 Å². The second-order valence-electron chi connectivity index (χ2n) is 7.07. The van der Waals surface area contributed by atoms with Crippen molar-refractivity contribution >= 4 is 5.91 Å². The maximum Gasteiger partial charge on any atom is 0.270 e. The predicted octanol–water partition coefficient (Wildman–Crippen LogP) is 4.39. The lowest BCUT2D eigenvalue weighted by Crippen LogP contribution is -2.28. The van der Waals surface area contributed by atoms with Gasteiger partial charge in [-0.1, -0.05) is 24.3 Å². The summed E-state index contributed by atoms with van der Waals surface area (Å²) < 4.78 is 20.6. The van der Waals surface area contributed by atoms with Crippen LogP contribution < -0.4 is 10.1 Å². The molecular formula is C22H22FN3O2. The molecule has 0 saturated heterocycles. The highest BCUT2D eigenvalue weighted by Crippen LogP contribution is 2.39. The van der Waals surface area contributed by atoms with E-state index in [1.54, 1.807) is 16.8 Å². The summed E-state index contributed by atoms with van der Waals surface area (Å²) in [6.45, 7) is 1.82. The Balaban J connectivity index is 1.60. The van der Waals surface area contributed by atoms with E-state index in [0.717, 1.165) is 24.2 Å². The Morgan fingerprint density at radius 3 is 2.61 bits per heavy atom. The summed E-state index contributed by atoms with van der Waals surface area (Å²) in [7, 11) is 1.42. The summed E-state index contributed by atoms with van der Waals surface area (Å²) in [5.41, 5.74) is 2.92. The lowest BCUT2D eigenvalue weighted by atomic mass is 10.1. The smallest absolute Gasteiger partial charge is 0.270 e. The van der Waals surface area contributed by atoms with Crippen LogP contribution >= 0.6 is 0 Å². The zero-order chi connectivity index (χ0) is 19.7. The summed E-state index contributed by atoms with van der Waals surface area (Å²) in [6, 6.07) is 15.8. The number of nitrogens with zero attached hydrogens (tertiary/aromatic N) is 2. The molecule has 0 bridgehead atoms. The van der Waals surface area contributed by atoms with Crippen LogP contribution in [0.3, 0.4) is 0 Å². The molecule has 3 aromatic rings. The number of methoxy groups -OCH3 is 1. The minimum Gasteiger partial charge on any atom is -0.494 e. The first-order chi connectivity index (χ1) is 13.6. The monoisotopic (exact) mass is 379 g/mol. The molecule has 0 aliphatic heterocycles. The van der Waals surface area contributed by atoms with Gasteiger partial charge in [0.15, 0.2) is 11.6 Å². The molecular weight excluding hydrogens is 357 g/mol. The van der Waals surface area contributed by atoms with E-state index in [9.17, 15) is 9.18 Å². The maximum absolute atomic E-state index is 14.0. The third kappa shape index (κ3) is 3.63. The minimum absolute atomic E-state index is 0.179. The Bertz CT molecular complexity index is 996. The molecule has 1 fully saturated rings. The number of hydrogen-bond acceptors (Lipinski definition) is 3. The number of para-hydroxylation sites is 1. The van der Waals surface area contributed by atoms with Gasteiger partial charge in [-0.25, -0.2) is 9.07 Å². The van der Waals surface area contributed by atoms with Gasteiger partial charge in [0.1, 0.15) is 5.69 Å². The summed E-state index contributed by atoms with van der Waals surface area (Å²) in [5.74, 6) is -0.0819. The van der Waals surface area contributed by atoms with E-state index >= 15 is 0 Å². The van der Waals surface area contributed by atoms with E-state index in [1.165, 1.54) is 13.2 Å². The standard InChI is InChI=1S/C22H22FN3O2/c1-14(16-10-11-21(28-2)18(23)12-16)24-22(27)20-13-19(15-8-9-15)25-26(20)17-6-4-3-5-7-17/h3-7,10-15H,8-9H2,1-2H3,(H,24,27). The molecule has 1 saturated carbocycles. The Hall–Kier alpha value is -3.15. The number of ether oxygens (including phenoxy) is 1. The molecule has 5 nitrogen and oxygen atoms in total. The molecule has 1 aliphatic carbocycles. The number of carbonyl (C=O) groups excluding carboxylic acids is 1. The van der Waals surface area contributed by atoms with Gasteiger partial charge in [-0.3, -0.25) is 4.79 Å². The maximum atomic E-state index is 14.0. The highest BCUT2D eigenvalue weighted by Gasteiger charge is 2.29. The highest BCUT2D eigenvalue weighted by atomic mass is 19.1. The van der Waals surface area contributed by atoms with E-state index in [1.807, 2.05) is 43.3 Å². The predicted molar refractivity (Wildman–Crippen MR) is 104 cm³/mol. The van der Waals surface area contributed by atoms with Crippen LogP contribution in [0.5, 0.6) is 5.75 Å². The van der Waals surface area contributed by atoms with Crippen LogP contribution in [0.4, 0.5) is 4.39 Å². The molecule has 4 rings (SSSR count). The van der Waals surface area contributed by atoms with Crippen molar-refractivity contribution in [3.8, 4) is 11.4 Å². The Morgan fingerprint density at radius 1 is 1.21 bits per heavy atom. The molecule has 1 unspecified atom stereocenters. The number of carbonyl (C=O) groups is 1. The molecule has 1 aliphatic rings. The summed E-state index contributed by atoms with van der Waals surface area (Å²) in [4.78, 5) is 13.0. The SMILES string of the molecule is COc1ccc(C(C)NC(=O)c2cc(C3CC3)nn2-c2ccccc2)cc1F. The number of benzene rings is 2. The molecule has 6 heteroatoms. The van der Waals surface area contributed by atoms with Crippen molar-refractivity contribution < 1.29 is 13.9 Å². The molecule has 0 radical (unpaired) electrons. The second kappa shape index (κ2) is 7.46. The van der Waals surface area contributed by atoms with Crippen molar-refractivity contribution in [3.05, 3.63) is 77.4 Å². The Labute approximate surface area is 163 Å². The summed E-state index contributed by atoms with van der Waals surface area (Å²) >= 11 is 0. The summed E-state index contributed by atoms with van der Waals surface area (Å²) in [6.07, 6.45) is 2.21. The number of rotatable bonds is 6. The van der Waals surface area contributed by atoms with Crippen LogP contribution in [-0.2, 0) is 0 Å². The lowest BCUT2D eigenvalue weighted by molar-refractivity contribution is 0.0932. The first-order valence-corrected chi connectivity index (χ1v) is 9.36.